The monoisotopic (exact) mass is 429 g/mol. The molecule has 1 atom stereocenters. The Bertz CT molecular complexity index is 802. The van der Waals surface area contributed by atoms with Gasteiger partial charge < -0.3 is 15.0 Å². The van der Waals surface area contributed by atoms with Crippen LogP contribution in [0.15, 0.2) is 0 Å². The molecule has 0 unspecified atom stereocenters. The van der Waals surface area contributed by atoms with Crippen LogP contribution in [0.5, 0.6) is 0 Å². The minimum atomic E-state index is -2.93. The number of nitrogens with zero attached hydrogens (tertiary/aromatic N) is 4. The highest BCUT2D eigenvalue weighted by Gasteiger charge is 2.31. The van der Waals surface area contributed by atoms with Crippen LogP contribution in [0.1, 0.15) is 29.4 Å². The highest BCUT2D eigenvalue weighted by Crippen LogP contribution is 2.27. The summed E-state index contributed by atoms with van der Waals surface area (Å²) in [4.78, 5) is 4.38. The van der Waals surface area contributed by atoms with Gasteiger partial charge in [-0.3, -0.25) is 9.58 Å². The average molecular weight is 430 g/mol. The lowest BCUT2D eigenvalue weighted by Crippen LogP contribution is -2.44. The first kappa shape index (κ1) is 21.5. The first-order valence-electron chi connectivity index (χ1n) is 9.81. The van der Waals surface area contributed by atoms with Gasteiger partial charge in [0.25, 0.3) is 0 Å². The second-order valence-corrected chi connectivity index (χ2v) is 10.3. The molecule has 3 rings (SSSR count). The van der Waals surface area contributed by atoms with E-state index in [1.165, 1.54) is 0 Å². The highest BCUT2D eigenvalue weighted by molar-refractivity contribution is 7.91. The van der Waals surface area contributed by atoms with E-state index in [9.17, 15) is 8.42 Å². The predicted molar refractivity (Wildman–Crippen MR) is 113 cm³/mol. The van der Waals surface area contributed by atoms with Gasteiger partial charge in [-0.25, -0.2) is 8.42 Å². The molecule has 1 N–H and O–H groups in total. The van der Waals surface area contributed by atoms with Crippen LogP contribution < -0.4 is 5.32 Å². The highest BCUT2D eigenvalue weighted by atomic mass is 32.2. The fraction of sp³-hybridized carbons (Fsp3) is 0.778. The second kappa shape index (κ2) is 9.06. The van der Waals surface area contributed by atoms with Gasteiger partial charge in [-0.1, -0.05) is 0 Å². The molecule has 0 radical (unpaired) electrons. The molecule has 2 saturated heterocycles. The molecule has 0 aliphatic carbocycles. The van der Waals surface area contributed by atoms with Crippen molar-refractivity contribution < 1.29 is 13.2 Å². The summed E-state index contributed by atoms with van der Waals surface area (Å²) in [6.45, 7) is 9.94. The number of sulfone groups is 1. The predicted octanol–water partition coefficient (Wildman–Crippen LogP) is 0.498. The lowest BCUT2D eigenvalue weighted by Gasteiger charge is -2.27. The number of aryl methyl sites for hydroxylation is 1. The number of nitrogens with one attached hydrogen (secondary N) is 1. The normalized spacial score (nSPS) is 22.3. The lowest BCUT2D eigenvalue weighted by atomic mass is 10.2. The lowest BCUT2D eigenvalue weighted by molar-refractivity contribution is 0.0389. The van der Waals surface area contributed by atoms with E-state index in [0.29, 0.717) is 18.1 Å². The quantitative estimate of drug-likeness (QED) is 0.655. The Labute approximate surface area is 173 Å². The molecular weight excluding hydrogens is 398 g/mol. The van der Waals surface area contributed by atoms with Crippen molar-refractivity contribution in [3.05, 3.63) is 17.0 Å². The van der Waals surface area contributed by atoms with Crippen LogP contribution in [0.4, 0.5) is 0 Å². The Morgan fingerprint density at radius 2 is 2.07 bits per heavy atom. The number of rotatable bonds is 6. The molecule has 158 valence electrons. The summed E-state index contributed by atoms with van der Waals surface area (Å²) in [7, 11) is -0.961. The summed E-state index contributed by atoms with van der Waals surface area (Å²) in [6, 6.07) is -0.0543. The maximum absolute atomic E-state index is 11.8. The second-order valence-electron chi connectivity index (χ2n) is 7.69. The SMILES string of the molecule is Cc1nn([C@@H]2CCS(=O)(=O)C2)c(C)c1CN(C)C(=S)NCCN1CCOCC1. The van der Waals surface area contributed by atoms with Crippen LogP contribution in [-0.4, -0.2) is 91.1 Å². The zero-order chi connectivity index (χ0) is 20.3. The molecule has 1 aromatic heterocycles. The average Bonchev–Trinajstić information content (AvgIpc) is 3.15. The minimum absolute atomic E-state index is 0.0543. The summed E-state index contributed by atoms with van der Waals surface area (Å²) in [5.41, 5.74) is 3.08. The van der Waals surface area contributed by atoms with Crippen molar-refractivity contribution in [1.82, 2.24) is 24.9 Å². The smallest absolute Gasteiger partial charge is 0.169 e. The number of hydrogen-bond donors (Lipinski definition) is 1. The van der Waals surface area contributed by atoms with Crippen LogP contribution in [0.2, 0.25) is 0 Å². The molecule has 3 heterocycles. The fourth-order valence-corrected chi connectivity index (χ4v) is 5.70. The van der Waals surface area contributed by atoms with Gasteiger partial charge in [0, 0.05) is 51.0 Å². The van der Waals surface area contributed by atoms with Gasteiger partial charge in [0.05, 0.1) is 36.5 Å². The van der Waals surface area contributed by atoms with E-state index >= 15 is 0 Å². The Morgan fingerprint density at radius 3 is 2.71 bits per heavy atom. The summed E-state index contributed by atoms with van der Waals surface area (Å²) in [5, 5.41) is 8.68. The van der Waals surface area contributed by atoms with Crippen molar-refractivity contribution in [1.29, 1.82) is 0 Å². The molecule has 2 fully saturated rings. The van der Waals surface area contributed by atoms with Crippen LogP contribution in [0, 0.1) is 13.8 Å². The first-order valence-corrected chi connectivity index (χ1v) is 12.0. The fourth-order valence-electron chi connectivity index (χ4n) is 3.84. The molecule has 2 aliphatic rings. The third-order valence-corrected chi connectivity index (χ3v) is 7.79. The van der Waals surface area contributed by atoms with Crippen molar-refractivity contribution in [3.63, 3.8) is 0 Å². The van der Waals surface area contributed by atoms with Gasteiger partial charge in [-0.2, -0.15) is 5.10 Å². The molecule has 8 nitrogen and oxygen atoms in total. The topological polar surface area (TPSA) is 79.7 Å². The molecule has 0 saturated carbocycles. The van der Waals surface area contributed by atoms with Gasteiger partial charge in [-0.15, -0.1) is 0 Å². The van der Waals surface area contributed by atoms with Crippen molar-refractivity contribution in [3.8, 4) is 0 Å². The Morgan fingerprint density at radius 1 is 1.36 bits per heavy atom. The van der Waals surface area contributed by atoms with Crippen LogP contribution in [0.3, 0.4) is 0 Å². The van der Waals surface area contributed by atoms with Crippen molar-refractivity contribution >= 4 is 27.2 Å². The van der Waals surface area contributed by atoms with E-state index in [0.717, 1.165) is 56.3 Å². The molecule has 0 bridgehead atoms. The molecule has 0 amide bonds. The number of hydrogen-bond acceptors (Lipinski definition) is 6. The van der Waals surface area contributed by atoms with E-state index in [1.807, 2.05) is 30.5 Å². The van der Waals surface area contributed by atoms with Gasteiger partial charge in [0.2, 0.25) is 0 Å². The summed E-state index contributed by atoms with van der Waals surface area (Å²) < 4.78 is 30.9. The maximum atomic E-state index is 11.8. The third-order valence-electron chi connectivity index (χ3n) is 5.58. The molecule has 0 aromatic carbocycles. The molecule has 28 heavy (non-hydrogen) atoms. The number of ether oxygens (including phenoxy) is 1. The standard InChI is InChI=1S/C18H31N5O3S2/c1-14-17(15(2)23(20-14)16-4-11-28(24,25)13-16)12-21(3)18(27)19-5-6-22-7-9-26-10-8-22/h16H,4-13H2,1-3H3,(H,19,27)/t16-/m1/s1. The zero-order valence-electron chi connectivity index (χ0n) is 17.0. The van der Waals surface area contributed by atoms with E-state index in [2.05, 4.69) is 15.3 Å². The first-order chi connectivity index (χ1) is 13.3. The summed E-state index contributed by atoms with van der Waals surface area (Å²) in [5.74, 6) is 0.439. The Balaban J connectivity index is 1.54. The maximum Gasteiger partial charge on any atom is 0.169 e. The van der Waals surface area contributed by atoms with Crippen molar-refractivity contribution in [2.75, 3.05) is 57.9 Å². The summed E-state index contributed by atoms with van der Waals surface area (Å²) >= 11 is 5.54. The largest absolute Gasteiger partial charge is 0.379 e. The molecule has 1 aromatic rings. The molecule has 2 aliphatic heterocycles. The van der Waals surface area contributed by atoms with Crippen molar-refractivity contribution in [2.45, 2.75) is 32.9 Å². The molecular formula is C18H31N5O3S2. The van der Waals surface area contributed by atoms with E-state index < -0.39 is 9.84 Å². The van der Waals surface area contributed by atoms with Crippen LogP contribution in [0.25, 0.3) is 0 Å². The molecule has 10 heteroatoms. The summed E-state index contributed by atoms with van der Waals surface area (Å²) in [6.07, 6.45) is 0.640. The van der Waals surface area contributed by atoms with Gasteiger partial charge >= 0.3 is 0 Å². The zero-order valence-corrected chi connectivity index (χ0v) is 18.6. The number of aromatic nitrogens is 2. The minimum Gasteiger partial charge on any atom is -0.379 e. The van der Waals surface area contributed by atoms with E-state index in [1.54, 1.807) is 0 Å². The van der Waals surface area contributed by atoms with E-state index in [-0.39, 0.29) is 17.5 Å². The molecule has 0 spiro atoms. The van der Waals surface area contributed by atoms with Gasteiger partial charge in [0.15, 0.2) is 14.9 Å². The Kier molecular flexibility index (Phi) is 6.95. The van der Waals surface area contributed by atoms with Crippen molar-refractivity contribution in [2.24, 2.45) is 0 Å². The third kappa shape index (κ3) is 5.22. The number of thiocarbonyl (C=S) groups is 1. The van der Waals surface area contributed by atoms with E-state index in [4.69, 9.17) is 17.0 Å². The van der Waals surface area contributed by atoms with Crippen LogP contribution >= 0.6 is 12.2 Å². The number of morpholine rings is 1. The van der Waals surface area contributed by atoms with Crippen LogP contribution in [-0.2, 0) is 21.1 Å². The van der Waals surface area contributed by atoms with Gasteiger partial charge in [0.1, 0.15) is 0 Å². The van der Waals surface area contributed by atoms with Gasteiger partial charge in [-0.05, 0) is 32.5 Å². The Hall–Kier alpha value is -1.23.